The zero-order valence-electron chi connectivity index (χ0n) is 9.32. The molecule has 0 bridgehead atoms. The van der Waals surface area contributed by atoms with E-state index < -0.39 is 11.4 Å². The first-order chi connectivity index (χ1) is 7.62. The Balaban J connectivity index is 2.16. The summed E-state index contributed by atoms with van der Waals surface area (Å²) in [5.74, 6) is -0.679. The van der Waals surface area contributed by atoms with Gasteiger partial charge in [0.25, 0.3) is 0 Å². The van der Waals surface area contributed by atoms with Gasteiger partial charge in [0.15, 0.2) is 0 Å². The second-order valence-corrected chi connectivity index (χ2v) is 5.34. The Morgan fingerprint density at radius 2 is 2.31 bits per heavy atom. The maximum absolute atomic E-state index is 11.4. The van der Waals surface area contributed by atoms with Crippen LogP contribution in [-0.4, -0.2) is 29.1 Å². The smallest absolute Gasteiger partial charge is 0.310 e. The van der Waals surface area contributed by atoms with Crippen LogP contribution < -0.4 is 5.32 Å². The highest BCUT2D eigenvalue weighted by Gasteiger charge is 2.40. The molecule has 0 amide bonds. The second kappa shape index (κ2) is 4.51. The Morgan fingerprint density at radius 1 is 1.62 bits per heavy atom. The van der Waals surface area contributed by atoms with Crippen LogP contribution in [-0.2, 0) is 11.2 Å². The minimum absolute atomic E-state index is 0.572. The molecule has 88 valence electrons. The minimum Gasteiger partial charge on any atom is -0.481 e. The van der Waals surface area contributed by atoms with E-state index in [-0.39, 0.29) is 0 Å². The molecular weight excluding hydrogens is 224 g/mol. The molecule has 0 aromatic carbocycles. The number of hydrogen-bond donors (Lipinski definition) is 2. The van der Waals surface area contributed by atoms with Crippen LogP contribution in [0.15, 0.2) is 5.38 Å². The van der Waals surface area contributed by atoms with Gasteiger partial charge in [0, 0.05) is 17.5 Å². The zero-order chi connectivity index (χ0) is 11.6. The van der Waals surface area contributed by atoms with Crippen molar-refractivity contribution in [3.05, 3.63) is 16.1 Å². The van der Waals surface area contributed by atoms with E-state index in [1.165, 1.54) is 0 Å². The quantitative estimate of drug-likeness (QED) is 0.839. The lowest BCUT2D eigenvalue weighted by molar-refractivity contribution is -0.150. The Hall–Kier alpha value is -0.940. The van der Waals surface area contributed by atoms with E-state index in [1.54, 1.807) is 11.3 Å². The monoisotopic (exact) mass is 240 g/mol. The molecule has 0 aliphatic carbocycles. The van der Waals surface area contributed by atoms with Gasteiger partial charge in [0.1, 0.15) is 0 Å². The molecule has 16 heavy (non-hydrogen) atoms. The number of carboxylic acid groups (broad SMARTS) is 1. The number of nitrogens with zero attached hydrogens (tertiary/aromatic N) is 1. The SMILES string of the molecule is Cc1csc(CC2(C(=O)O)CCNCC2)n1. The molecule has 1 aliphatic rings. The highest BCUT2D eigenvalue weighted by Crippen LogP contribution is 2.34. The molecule has 0 atom stereocenters. The predicted molar refractivity (Wildman–Crippen MR) is 62.7 cm³/mol. The van der Waals surface area contributed by atoms with Gasteiger partial charge in [0.05, 0.1) is 10.4 Å². The molecule has 1 aliphatic heterocycles. The summed E-state index contributed by atoms with van der Waals surface area (Å²) < 4.78 is 0. The molecule has 4 nitrogen and oxygen atoms in total. The van der Waals surface area contributed by atoms with Crippen molar-refractivity contribution in [3.8, 4) is 0 Å². The molecule has 2 heterocycles. The van der Waals surface area contributed by atoms with Crippen molar-refractivity contribution in [1.29, 1.82) is 0 Å². The number of piperidine rings is 1. The van der Waals surface area contributed by atoms with Crippen molar-refractivity contribution in [2.24, 2.45) is 5.41 Å². The molecule has 0 saturated carbocycles. The van der Waals surface area contributed by atoms with E-state index >= 15 is 0 Å². The highest BCUT2D eigenvalue weighted by atomic mass is 32.1. The first kappa shape index (κ1) is 11.5. The maximum atomic E-state index is 11.4. The molecule has 0 spiro atoms. The van der Waals surface area contributed by atoms with E-state index in [0.29, 0.717) is 19.3 Å². The Bertz CT molecular complexity index is 383. The zero-order valence-corrected chi connectivity index (χ0v) is 10.1. The van der Waals surface area contributed by atoms with Crippen LogP contribution in [0.5, 0.6) is 0 Å². The number of aliphatic carboxylic acids is 1. The van der Waals surface area contributed by atoms with Gasteiger partial charge < -0.3 is 10.4 Å². The van der Waals surface area contributed by atoms with Gasteiger partial charge in [-0.25, -0.2) is 4.98 Å². The number of thiazole rings is 1. The summed E-state index contributed by atoms with van der Waals surface area (Å²) in [5, 5.41) is 15.5. The Labute approximate surface area is 98.7 Å². The second-order valence-electron chi connectivity index (χ2n) is 4.39. The van der Waals surface area contributed by atoms with E-state index in [0.717, 1.165) is 23.8 Å². The van der Waals surface area contributed by atoms with Gasteiger partial charge in [0.2, 0.25) is 0 Å². The molecular formula is C11H16N2O2S. The third-order valence-electron chi connectivity index (χ3n) is 3.17. The van der Waals surface area contributed by atoms with Crippen molar-refractivity contribution >= 4 is 17.3 Å². The third-order valence-corrected chi connectivity index (χ3v) is 4.14. The number of rotatable bonds is 3. The summed E-state index contributed by atoms with van der Waals surface area (Å²) >= 11 is 1.56. The summed E-state index contributed by atoms with van der Waals surface area (Å²) in [6, 6.07) is 0. The lowest BCUT2D eigenvalue weighted by atomic mass is 9.76. The predicted octanol–water partition coefficient (Wildman–Crippen LogP) is 1.45. The highest BCUT2D eigenvalue weighted by molar-refractivity contribution is 7.09. The van der Waals surface area contributed by atoms with E-state index in [1.807, 2.05) is 12.3 Å². The number of aryl methyl sites for hydroxylation is 1. The van der Waals surface area contributed by atoms with Crippen molar-refractivity contribution < 1.29 is 9.90 Å². The maximum Gasteiger partial charge on any atom is 0.310 e. The normalized spacial score (nSPS) is 19.6. The summed E-state index contributed by atoms with van der Waals surface area (Å²) in [6.07, 6.45) is 1.96. The number of carbonyl (C=O) groups is 1. The molecule has 2 N–H and O–H groups in total. The van der Waals surface area contributed by atoms with Gasteiger partial charge in [-0.3, -0.25) is 4.79 Å². The number of carboxylic acids is 1. The van der Waals surface area contributed by atoms with Crippen molar-refractivity contribution in [1.82, 2.24) is 10.3 Å². The molecule has 1 aromatic heterocycles. The average molecular weight is 240 g/mol. The van der Waals surface area contributed by atoms with Gasteiger partial charge in [-0.2, -0.15) is 0 Å². The van der Waals surface area contributed by atoms with Crippen LogP contribution in [0.25, 0.3) is 0 Å². The van der Waals surface area contributed by atoms with Crippen LogP contribution in [0, 0.1) is 12.3 Å². The fourth-order valence-corrected chi connectivity index (χ4v) is 3.06. The first-order valence-electron chi connectivity index (χ1n) is 5.47. The summed E-state index contributed by atoms with van der Waals surface area (Å²) in [5.41, 5.74) is 0.379. The topological polar surface area (TPSA) is 62.2 Å². The van der Waals surface area contributed by atoms with Gasteiger partial charge in [-0.15, -0.1) is 11.3 Å². The molecule has 1 fully saturated rings. The number of aromatic nitrogens is 1. The molecule has 5 heteroatoms. The Kier molecular flexibility index (Phi) is 3.25. The van der Waals surface area contributed by atoms with Crippen molar-refractivity contribution in [2.75, 3.05) is 13.1 Å². The number of hydrogen-bond acceptors (Lipinski definition) is 4. The van der Waals surface area contributed by atoms with Crippen LogP contribution >= 0.6 is 11.3 Å². The summed E-state index contributed by atoms with van der Waals surface area (Å²) in [7, 11) is 0. The number of nitrogens with one attached hydrogen (secondary N) is 1. The van der Waals surface area contributed by atoms with Crippen LogP contribution in [0.4, 0.5) is 0 Å². The van der Waals surface area contributed by atoms with E-state index in [4.69, 9.17) is 0 Å². The third kappa shape index (κ3) is 2.25. The molecule has 0 radical (unpaired) electrons. The van der Waals surface area contributed by atoms with Gasteiger partial charge >= 0.3 is 5.97 Å². The Morgan fingerprint density at radius 3 is 2.81 bits per heavy atom. The van der Waals surface area contributed by atoms with Crippen LogP contribution in [0.2, 0.25) is 0 Å². The van der Waals surface area contributed by atoms with E-state index in [9.17, 15) is 9.90 Å². The fraction of sp³-hybridized carbons (Fsp3) is 0.636. The summed E-state index contributed by atoms with van der Waals surface area (Å²) in [4.78, 5) is 15.8. The lowest BCUT2D eigenvalue weighted by Gasteiger charge is -2.32. The average Bonchev–Trinajstić information content (AvgIpc) is 2.65. The molecule has 1 aromatic rings. The van der Waals surface area contributed by atoms with Gasteiger partial charge in [-0.1, -0.05) is 0 Å². The molecule has 2 rings (SSSR count). The van der Waals surface area contributed by atoms with Crippen molar-refractivity contribution in [3.63, 3.8) is 0 Å². The van der Waals surface area contributed by atoms with Crippen LogP contribution in [0.3, 0.4) is 0 Å². The van der Waals surface area contributed by atoms with E-state index in [2.05, 4.69) is 10.3 Å². The van der Waals surface area contributed by atoms with Gasteiger partial charge in [-0.05, 0) is 32.9 Å². The fourth-order valence-electron chi connectivity index (χ4n) is 2.14. The largest absolute Gasteiger partial charge is 0.481 e. The molecule has 1 saturated heterocycles. The summed E-state index contributed by atoms with van der Waals surface area (Å²) in [6.45, 7) is 3.52. The van der Waals surface area contributed by atoms with Crippen molar-refractivity contribution in [2.45, 2.75) is 26.2 Å². The minimum atomic E-state index is -0.679. The lowest BCUT2D eigenvalue weighted by Crippen LogP contribution is -2.43. The molecule has 0 unspecified atom stereocenters. The standard InChI is InChI=1S/C11H16N2O2S/c1-8-7-16-9(13-8)6-11(10(14)15)2-4-12-5-3-11/h7,12H,2-6H2,1H3,(H,14,15). The first-order valence-corrected chi connectivity index (χ1v) is 6.35. The van der Waals surface area contributed by atoms with Crippen LogP contribution in [0.1, 0.15) is 23.5 Å².